The van der Waals surface area contributed by atoms with Crippen LogP contribution in [0.1, 0.15) is 80.1 Å². The van der Waals surface area contributed by atoms with Crippen LogP contribution in [0.2, 0.25) is 0 Å². The Morgan fingerprint density at radius 2 is 1.65 bits per heavy atom. The van der Waals surface area contributed by atoms with E-state index in [4.69, 9.17) is 9.84 Å². The quantitative estimate of drug-likeness (QED) is 0.265. The third kappa shape index (κ3) is 7.11. The Morgan fingerprint density at radius 1 is 1.02 bits per heavy atom. The molecule has 3 N–H and O–H groups in total. The molecule has 3 rings (SSSR count). The Hall–Kier alpha value is -3.18. The molecule has 12 heteroatoms. The van der Waals surface area contributed by atoms with Crippen molar-refractivity contribution >= 4 is 35.6 Å². The van der Waals surface area contributed by atoms with Crippen LogP contribution in [-0.4, -0.2) is 82.5 Å². The third-order valence-electron chi connectivity index (χ3n) is 8.39. The van der Waals surface area contributed by atoms with Crippen LogP contribution >= 0.6 is 0 Å². The second-order valence-corrected chi connectivity index (χ2v) is 12.7. The first kappa shape index (κ1) is 31.3. The molecule has 0 aromatic heterocycles. The van der Waals surface area contributed by atoms with Crippen molar-refractivity contribution in [2.75, 3.05) is 13.2 Å². The van der Waals surface area contributed by atoms with E-state index in [1.54, 1.807) is 27.7 Å². The van der Waals surface area contributed by atoms with Crippen LogP contribution in [0.15, 0.2) is 0 Å². The number of nitrogens with one attached hydrogen (secondary N) is 2. The highest BCUT2D eigenvalue weighted by Crippen LogP contribution is 2.65. The number of aliphatic carboxylic acids is 1. The molecule has 2 saturated carbocycles. The number of piperidine rings is 1. The summed E-state index contributed by atoms with van der Waals surface area (Å²) < 4.78 is 9.93. The smallest absolute Gasteiger partial charge is 0.408 e. The molecule has 0 bridgehead atoms. The predicted octanol–water partition coefficient (Wildman–Crippen LogP) is 2.03. The van der Waals surface area contributed by atoms with E-state index in [1.807, 2.05) is 13.8 Å². The molecule has 1 aliphatic heterocycles. The molecule has 0 spiro atoms. The van der Waals surface area contributed by atoms with E-state index in [-0.39, 0.29) is 35.5 Å². The molecular weight excluding hydrogens is 522 g/mol. The third-order valence-corrected chi connectivity index (χ3v) is 8.39. The van der Waals surface area contributed by atoms with Gasteiger partial charge in [-0.05, 0) is 63.2 Å². The Kier molecular flexibility index (Phi) is 9.51. The van der Waals surface area contributed by atoms with Crippen molar-refractivity contribution in [1.29, 1.82) is 0 Å². The zero-order chi connectivity index (χ0) is 30.0. The Morgan fingerprint density at radius 3 is 2.20 bits per heavy atom. The summed E-state index contributed by atoms with van der Waals surface area (Å²) in [6, 6.07) is -2.99. The number of carboxylic acids is 1. The molecule has 40 heavy (non-hydrogen) atoms. The molecule has 3 aliphatic rings. The minimum atomic E-state index is -1.41. The first-order valence-electron chi connectivity index (χ1n) is 14.1. The molecule has 0 radical (unpaired) electrons. The number of rotatable bonds is 10. The number of nitrogens with zero attached hydrogens (tertiary/aromatic N) is 1. The maximum atomic E-state index is 14.1. The van der Waals surface area contributed by atoms with Crippen molar-refractivity contribution in [2.45, 2.75) is 104 Å². The van der Waals surface area contributed by atoms with E-state index < -0.39 is 60.1 Å². The first-order valence-corrected chi connectivity index (χ1v) is 14.1. The van der Waals surface area contributed by atoms with Crippen LogP contribution in [0.4, 0.5) is 4.79 Å². The number of carbonyl (C=O) groups is 6. The van der Waals surface area contributed by atoms with Crippen LogP contribution in [0.3, 0.4) is 0 Å². The Balaban J connectivity index is 1.81. The molecule has 3 amide bonds. The Labute approximate surface area is 234 Å². The molecule has 0 aromatic carbocycles. The lowest BCUT2D eigenvalue weighted by Crippen LogP contribution is -2.59. The molecule has 5 atom stereocenters. The van der Waals surface area contributed by atoms with E-state index in [9.17, 15) is 28.8 Å². The van der Waals surface area contributed by atoms with Crippen molar-refractivity contribution < 1.29 is 43.3 Å². The molecule has 2 aliphatic carbocycles. The van der Waals surface area contributed by atoms with Gasteiger partial charge in [0, 0.05) is 6.54 Å². The molecular formula is C28H43N3O9. The molecule has 1 saturated heterocycles. The molecule has 224 valence electrons. The standard InChI is InChI=1S/C28H43N3O9/c1-7-17(22(34)25(37)39-14-18(32)33)29-23(35)21-19-16(28(19,5)6)13-31(21)24(36)20(15-11-9-8-10-12-15)30-26(38)40-27(2,3)4/h15-17,19-21H,7-14H2,1-6H3,(H,29,35)(H,30,38)(H,32,33)/t16-,17?,19-,20-,21-/m0/s1. The number of ether oxygens (including phenoxy) is 2. The summed E-state index contributed by atoms with van der Waals surface area (Å²) in [7, 11) is 0. The lowest BCUT2D eigenvalue weighted by molar-refractivity contribution is -0.160. The van der Waals surface area contributed by atoms with Crippen LogP contribution in [0, 0.1) is 23.2 Å². The first-order chi connectivity index (χ1) is 18.6. The van der Waals surface area contributed by atoms with Crippen LogP contribution in [0.25, 0.3) is 0 Å². The fraction of sp³-hybridized carbons (Fsp3) is 0.786. The maximum absolute atomic E-state index is 14.1. The summed E-state index contributed by atoms with van der Waals surface area (Å²) in [6.07, 6.45) is 3.82. The minimum absolute atomic E-state index is 0.0653. The number of ketones is 1. The van der Waals surface area contributed by atoms with Gasteiger partial charge in [0.25, 0.3) is 5.78 Å². The average molecular weight is 566 g/mol. The normalized spacial score (nSPS) is 25.1. The van der Waals surface area contributed by atoms with Gasteiger partial charge in [-0.3, -0.25) is 14.4 Å². The average Bonchev–Trinajstić information content (AvgIpc) is 3.20. The number of carbonyl (C=O) groups excluding carboxylic acids is 5. The van der Waals surface area contributed by atoms with E-state index >= 15 is 0 Å². The topological polar surface area (TPSA) is 168 Å². The number of fused-ring (bicyclic) bond motifs is 1. The lowest BCUT2D eigenvalue weighted by atomic mass is 9.83. The number of hydrogen-bond donors (Lipinski definition) is 3. The van der Waals surface area contributed by atoms with Gasteiger partial charge in [-0.2, -0.15) is 0 Å². The van der Waals surface area contributed by atoms with Gasteiger partial charge in [0.15, 0.2) is 6.61 Å². The summed E-state index contributed by atoms with van der Waals surface area (Å²) >= 11 is 0. The van der Waals surface area contributed by atoms with Gasteiger partial charge in [0.05, 0.1) is 6.04 Å². The molecule has 0 aromatic rings. The fourth-order valence-corrected chi connectivity index (χ4v) is 6.23. The fourth-order valence-electron chi connectivity index (χ4n) is 6.23. The summed E-state index contributed by atoms with van der Waals surface area (Å²) in [5.74, 6) is -4.94. The van der Waals surface area contributed by atoms with Crippen molar-refractivity contribution in [3.05, 3.63) is 0 Å². The van der Waals surface area contributed by atoms with Crippen molar-refractivity contribution in [3.8, 4) is 0 Å². The van der Waals surface area contributed by atoms with Gasteiger partial charge >= 0.3 is 18.0 Å². The van der Waals surface area contributed by atoms with E-state index in [2.05, 4.69) is 15.4 Å². The van der Waals surface area contributed by atoms with Crippen molar-refractivity contribution in [2.24, 2.45) is 23.2 Å². The van der Waals surface area contributed by atoms with E-state index in [0.29, 0.717) is 6.54 Å². The van der Waals surface area contributed by atoms with Gasteiger partial charge in [-0.1, -0.05) is 40.0 Å². The van der Waals surface area contributed by atoms with E-state index in [0.717, 1.165) is 32.1 Å². The number of Topliss-reactive ketones (excluding diaryl/α,β-unsaturated/α-hetero) is 1. The zero-order valence-electron chi connectivity index (χ0n) is 24.3. The van der Waals surface area contributed by atoms with Crippen LogP contribution in [0.5, 0.6) is 0 Å². The van der Waals surface area contributed by atoms with Gasteiger partial charge in [0.2, 0.25) is 11.8 Å². The lowest BCUT2D eigenvalue weighted by Gasteiger charge is -2.37. The number of alkyl carbamates (subject to hydrolysis) is 1. The molecule has 12 nitrogen and oxygen atoms in total. The van der Waals surface area contributed by atoms with Crippen molar-refractivity contribution in [3.63, 3.8) is 0 Å². The maximum Gasteiger partial charge on any atom is 0.408 e. The largest absolute Gasteiger partial charge is 0.479 e. The van der Waals surface area contributed by atoms with Crippen LogP contribution in [-0.2, 0) is 33.4 Å². The van der Waals surface area contributed by atoms with Gasteiger partial charge in [-0.25, -0.2) is 14.4 Å². The molecule has 3 fully saturated rings. The Bertz CT molecular complexity index is 1030. The molecule has 1 heterocycles. The summed E-state index contributed by atoms with van der Waals surface area (Å²) in [4.78, 5) is 77.3. The van der Waals surface area contributed by atoms with Gasteiger partial charge in [-0.15, -0.1) is 0 Å². The number of amides is 3. The summed E-state index contributed by atoms with van der Waals surface area (Å²) in [6.45, 7) is 10.2. The van der Waals surface area contributed by atoms with E-state index in [1.165, 1.54) is 4.90 Å². The highest BCUT2D eigenvalue weighted by atomic mass is 16.6. The second-order valence-electron chi connectivity index (χ2n) is 12.7. The number of esters is 1. The summed E-state index contributed by atoms with van der Waals surface area (Å²) in [5.41, 5.74) is -0.955. The molecule has 1 unspecified atom stereocenters. The predicted molar refractivity (Wildman–Crippen MR) is 142 cm³/mol. The number of likely N-dealkylation sites (tertiary alicyclic amines) is 1. The van der Waals surface area contributed by atoms with Crippen molar-refractivity contribution in [1.82, 2.24) is 15.5 Å². The monoisotopic (exact) mass is 565 g/mol. The highest BCUT2D eigenvalue weighted by Gasteiger charge is 2.69. The number of hydrogen-bond acceptors (Lipinski definition) is 8. The zero-order valence-corrected chi connectivity index (χ0v) is 24.3. The minimum Gasteiger partial charge on any atom is -0.479 e. The second kappa shape index (κ2) is 12.1. The summed E-state index contributed by atoms with van der Waals surface area (Å²) in [5, 5.41) is 14.1. The van der Waals surface area contributed by atoms with Gasteiger partial charge < -0.3 is 30.1 Å². The van der Waals surface area contributed by atoms with Gasteiger partial charge in [0.1, 0.15) is 17.7 Å². The van der Waals surface area contributed by atoms with Crippen LogP contribution < -0.4 is 10.6 Å². The number of carboxylic acid groups (broad SMARTS) is 1. The SMILES string of the molecule is CCC(NC(=O)[C@@H]1[C@@H]2[C@H](CN1C(=O)[C@@H](NC(=O)OC(C)(C)C)C1CCCCC1)C2(C)C)C(=O)C(=O)OCC(=O)O. The highest BCUT2D eigenvalue weighted by molar-refractivity contribution is 6.36.